The Morgan fingerprint density at radius 3 is 0.687 bits per heavy atom. The minimum Gasteiger partial charge on any atom is -0.462 e. The Kier molecular flexibility index (Phi) is 69.0. The summed E-state index contributed by atoms with van der Waals surface area (Å²) in [6, 6.07) is 0. The third kappa shape index (κ3) is 74.1. The molecule has 17 nitrogen and oxygen atoms in total. The van der Waals surface area contributed by atoms with Gasteiger partial charge in [-0.05, 0) is 43.4 Å². The predicted molar refractivity (Wildman–Crippen MR) is 405 cm³/mol. The maximum Gasteiger partial charge on any atom is 0.472 e. The van der Waals surface area contributed by atoms with E-state index in [0.717, 1.165) is 108 Å². The van der Waals surface area contributed by atoms with Crippen LogP contribution in [-0.4, -0.2) is 96.7 Å². The molecule has 0 spiro atoms. The summed E-state index contributed by atoms with van der Waals surface area (Å²) in [6.45, 7) is 11.9. The molecule has 0 radical (unpaired) electrons. The highest BCUT2D eigenvalue weighted by molar-refractivity contribution is 7.47. The second-order valence-electron chi connectivity index (χ2n) is 30.2. The molecule has 0 rings (SSSR count). The van der Waals surface area contributed by atoms with Gasteiger partial charge in [0.2, 0.25) is 0 Å². The summed E-state index contributed by atoms with van der Waals surface area (Å²) in [5.41, 5.74) is 0. The lowest BCUT2D eigenvalue weighted by molar-refractivity contribution is -0.161. The number of rotatable bonds is 78. The molecule has 588 valence electrons. The number of carbonyl (C=O) groups is 4. The first-order chi connectivity index (χ1) is 47.7. The minimum absolute atomic E-state index is 0.105. The van der Waals surface area contributed by atoms with Gasteiger partial charge in [0.05, 0.1) is 26.4 Å². The molecule has 0 aliphatic heterocycles. The van der Waals surface area contributed by atoms with Crippen LogP contribution in [0.15, 0.2) is 0 Å². The van der Waals surface area contributed by atoms with E-state index in [9.17, 15) is 43.2 Å². The number of ether oxygens (including phenoxy) is 4. The van der Waals surface area contributed by atoms with E-state index < -0.39 is 97.5 Å². The Morgan fingerprint density at radius 2 is 0.465 bits per heavy atom. The Balaban J connectivity index is 5.23. The largest absolute Gasteiger partial charge is 0.472 e. The number of esters is 4. The van der Waals surface area contributed by atoms with Crippen molar-refractivity contribution in [2.45, 2.75) is 433 Å². The quantitative estimate of drug-likeness (QED) is 0.0222. The lowest BCUT2D eigenvalue weighted by atomic mass is 10.0. The number of hydrogen-bond acceptors (Lipinski definition) is 15. The van der Waals surface area contributed by atoms with Crippen molar-refractivity contribution in [1.82, 2.24) is 0 Å². The molecular weight excluding hydrogens is 1290 g/mol. The van der Waals surface area contributed by atoms with E-state index in [1.54, 1.807) is 0 Å². The van der Waals surface area contributed by atoms with Gasteiger partial charge in [-0.2, -0.15) is 0 Å². The first kappa shape index (κ1) is 97.1. The highest BCUT2D eigenvalue weighted by Gasteiger charge is 2.30. The average Bonchev–Trinajstić information content (AvgIpc) is 1.06. The van der Waals surface area contributed by atoms with Crippen molar-refractivity contribution in [2.75, 3.05) is 39.6 Å². The average molecular weight is 1450 g/mol. The first-order valence-electron chi connectivity index (χ1n) is 41.3. The smallest absolute Gasteiger partial charge is 0.462 e. The molecule has 0 heterocycles. The second kappa shape index (κ2) is 70.4. The van der Waals surface area contributed by atoms with E-state index >= 15 is 0 Å². The molecule has 5 atom stereocenters. The van der Waals surface area contributed by atoms with E-state index in [1.165, 1.54) is 218 Å². The van der Waals surface area contributed by atoms with E-state index in [1.807, 2.05) is 0 Å². The van der Waals surface area contributed by atoms with Crippen LogP contribution in [0.5, 0.6) is 0 Å². The van der Waals surface area contributed by atoms with Gasteiger partial charge < -0.3 is 33.8 Å². The molecule has 0 amide bonds. The van der Waals surface area contributed by atoms with Gasteiger partial charge >= 0.3 is 39.5 Å². The summed E-state index contributed by atoms with van der Waals surface area (Å²) in [6.07, 6.45) is 58.5. The fourth-order valence-electron chi connectivity index (χ4n) is 12.3. The van der Waals surface area contributed by atoms with E-state index in [-0.39, 0.29) is 25.7 Å². The number of phosphoric acid groups is 2. The van der Waals surface area contributed by atoms with Gasteiger partial charge in [0.1, 0.15) is 19.3 Å². The number of aliphatic hydroxyl groups excluding tert-OH is 1. The van der Waals surface area contributed by atoms with Crippen LogP contribution >= 0.6 is 15.6 Å². The highest BCUT2D eigenvalue weighted by Crippen LogP contribution is 2.45. The molecule has 3 N–H and O–H groups in total. The number of phosphoric ester groups is 2. The Hall–Kier alpha value is -1.94. The molecule has 0 aromatic rings. The molecule has 0 aromatic carbocycles. The first-order valence-corrected chi connectivity index (χ1v) is 44.3. The van der Waals surface area contributed by atoms with Crippen LogP contribution in [-0.2, 0) is 65.4 Å². The lowest BCUT2D eigenvalue weighted by Gasteiger charge is -2.21. The van der Waals surface area contributed by atoms with E-state index in [2.05, 4.69) is 48.5 Å². The topological polar surface area (TPSA) is 237 Å². The van der Waals surface area contributed by atoms with Crippen LogP contribution in [0.4, 0.5) is 0 Å². The van der Waals surface area contributed by atoms with Gasteiger partial charge in [-0.3, -0.25) is 37.3 Å². The van der Waals surface area contributed by atoms with E-state index in [0.29, 0.717) is 31.6 Å². The molecule has 0 saturated heterocycles. The Bertz CT molecular complexity index is 1920. The van der Waals surface area contributed by atoms with Crippen molar-refractivity contribution in [3.63, 3.8) is 0 Å². The molecule has 99 heavy (non-hydrogen) atoms. The van der Waals surface area contributed by atoms with Crippen LogP contribution < -0.4 is 0 Å². The molecule has 0 fully saturated rings. The molecule has 0 aliphatic rings. The highest BCUT2D eigenvalue weighted by atomic mass is 31.2. The normalized spacial score (nSPS) is 14.0. The maximum absolute atomic E-state index is 13.1. The summed E-state index contributed by atoms with van der Waals surface area (Å²) < 4.78 is 68.6. The van der Waals surface area contributed by atoms with Gasteiger partial charge in [0.25, 0.3) is 0 Å². The molecule has 0 saturated carbocycles. The van der Waals surface area contributed by atoms with Gasteiger partial charge in [0.15, 0.2) is 12.2 Å². The summed E-state index contributed by atoms with van der Waals surface area (Å²) in [5, 5.41) is 10.6. The van der Waals surface area contributed by atoms with E-state index in [4.69, 9.17) is 37.0 Å². The summed E-state index contributed by atoms with van der Waals surface area (Å²) in [7, 11) is -9.92. The SMILES string of the molecule is CCCCCCCCCCCCCCCCCCCC(=O)OC[C@H](COP(=O)(O)OC[C@@H](O)COP(=O)(O)OC[C@@H](COC(=O)CCCCCCCCC(C)C)OC(=O)CCCCCCCCCCCCCC(C)C)OC(=O)CCCCCCCCCCCCCCCCCCC(C)C. The molecular formula is C80H156O17P2. The second-order valence-corrected chi connectivity index (χ2v) is 33.1. The molecule has 0 aliphatic carbocycles. The molecule has 19 heteroatoms. The van der Waals surface area contributed by atoms with Gasteiger partial charge in [-0.1, -0.05) is 363 Å². The van der Waals surface area contributed by atoms with Crippen LogP contribution in [0.2, 0.25) is 0 Å². The Morgan fingerprint density at radius 1 is 0.273 bits per heavy atom. The molecule has 0 aromatic heterocycles. The van der Waals surface area contributed by atoms with Crippen LogP contribution in [0.25, 0.3) is 0 Å². The van der Waals surface area contributed by atoms with Crippen LogP contribution in [0.1, 0.15) is 414 Å². The zero-order valence-electron chi connectivity index (χ0n) is 65.0. The fraction of sp³-hybridized carbons (Fsp3) is 0.950. The lowest BCUT2D eigenvalue weighted by Crippen LogP contribution is -2.30. The fourth-order valence-corrected chi connectivity index (χ4v) is 13.9. The van der Waals surface area contributed by atoms with Crippen LogP contribution in [0.3, 0.4) is 0 Å². The van der Waals surface area contributed by atoms with Crippen molar-refractivity contribution in [1.29, 1.82) is 0 Å². The van der Waals surface area contributed by atoms with Crippen molar-refractivity contribution in [3.05, 3.63) is 0 Å². The minimum atomic E-state index is -4.96. The summed E-state index contributed by atoms with van der Waals surface area (Å²) in [5.74, 6) is 0.140. The maximum atomic E-state index is 13.1. The third-order valence-corrected chi connectivity index (χ3v) is 20.5. The predicted octanol–water partition coefficient (Wildman–Crippen LogP) is 23.7. The van der Waals surface area contributed by atoms with Crippen molar-refractivity contribution < 1.29 is 80.2 Å². The van der Waals surface area contributed by atoms with Crippen molar-refractivity contribution in [3.8, 4) is 0 Å². The van der Waals surface area contributed by atoms with Crippen molar-refractivity contribution in [2.24, 2.45) is 17.8 Å². The molecule has 2 unspecified atom stereocenters. The number of hydrogen-bond donors (Lipinski definition) is 3. The number of carbonyl (C=O) groups excluding carboxylic acids is 4. The van der Waals surface area contributed by atoms with Gasteiger partial charge in [-0.25, -0.2) is 9.13 Å². The number of aliphatic hydroxyl groups is 1. The molecule has 0 bridgehead atoms. The standard InChI is InChI=1S/C80H156O17P2/c1-8-9-10-11-12-13-14-15-16-17-21-24-29-34-39-47-54-61-77(82)90-67-75(96-79(84)63-56-49-40-35-30-25-22-19-18-20-23-27-32-37-44-51-58-71(2)3)69-94-98(86,87)92-65-74(81)66-93-99(88,89)95-70-76(68-91-78(83)62-55-48-43-42-46-53-60-73(6)7)97-80(85)64-57-50-41-36-31-26-28-33-38-45-52-59-72(4)5/h71-76,81H,8-70H2,1-7H3,(H,86,87)(H,88,89)/t74-,75-,76-/m1/s1. The summed E-state index contributed by atoms with van der Waals surface area (Å²) >= 11 is 0. The zero-order valence-corrected chi connectivity index (χ0v) is 66.8. The number of unbranched alkanes of at least 4 members (excludes halogenated alkanes) is 46. The monoisotopic (exact) mass is 1450 g/mol. The van der Waals surface area contributed by atoms with Crippen LogP contribution in [0, 0.1) is 17.8 Å². The van der Waals surface area contributed by atoms with Gasteiger partial charge in [0, 0.05) is 25.7 Å². The summed E-state index contributed by atoms with van der Waals surface area (Å²) in [4.78, 5) is 72.9. The van der Waals surface area contributed by atoms with Crippen molar-refractivity contribution >= 4 is 39.5 Å². The Labute approximate surface area is 607 Å². The third-order valence-electron chi connectivity index (χ3n) is 18.6. The van der Waals surface area contributed by atoms with Gasteiger partial charge in [-0.15, -0.1) is 0 Å². The zero-order chi connectivity index (χ0) is 73.0.